The van der Waals surface area contributed by atoms with Crippen molar-refractivity contribution in [1.29, 1.82) is 0 Å². The van der Waals surface area contributed by atoms with Gasteiger partial charge in [-0.2, -0.15) is 0 Å². The van der Waals surface area contributed by atoms with Gasteiger partial charge in [-0.15, -0.1) is 0 Å². The predicted molar refractivity (Wildman–Crippen MR) is 91.1 cm³/mol. The van der Waals surface area contributed by atoms with Gasteiger partial charge in [0.15, 0.2) is 0 Å². The zero-order valence-corrected chi connectivity index (χ0v) is 14.3. The van der Waals surface area contributed by atoms with Gasteiger partial charge in [-0.25, -0.2) is 0 Å². The zero-order chi connectivity index (χ0) is 16.4. The molecule has 0 aliphatic carbocycles. The second-order valence-electron chi connectivity index (χ2n) is 5.64. The Labute approximate surface area is 145 Å². The summed E-state index contributed by atoms with van der Waals surface area (Å²) in [7, 11) is 1.71. The largest absolute Gasteiger partial charge is 0.376 e. The fourth-order valence-corrected chi connectivity index (χ4v) is 3.27. The van der Waals surface area contributed by atoms with Crippen molar-refractivity contribution in [2.75, 3.05) is 6.61 Å². The summed E-state index contributed by atoms with van der Waals surface area (Å²) in [5.41, 5.74) is 1.46. The lowest BCUT2D eigenvalue weighted by molar-refractivity contribution is 0.0668. The van der Waals surface area contributed by atoms with Crippen LogP contribution in [0.4, 0.5) is 0 Å². The molecule has 2 aromatic rings. The molecule has 3 rings (SSSR count). The van der Waals surface area contributed by atoms with Crippen molar-refractivity contribution < 1.29 is 9.53 Å². The minimum atomic E-state index is -0.217. The Morgan fingerprint density at radius 3 is 2.65 bits per heavy atom. The lowest BCUT2D eigenvalue weighted by Gasteiger charge is -2.25. The molecule has 2 atom stereocenters. The van der Waals surface area contributed by atoms with Crippen molar-refractivity contribution in [2.45, 2.75) is 25.0 Å². The highest BCUT2D eigenvalue weighted by Crippen LogP contribution is 2.29. The highest BCUT2D eigenvalue weighted by molar-refractivity contribution is 6.41. The van der Waals surface area contributed by atoms with E-state index in [0.29, 0.717) is 15.9 Å². The van der Waals surface area contributed by atoms with Crippen molar-refractivity contribution in [2.24, 2.45) is 7.05 Å². The van der Waals surface area contributed by atoms with Crippen LogP contribution in [0.15, 0.2) is 36.4 Å². The van der Waals surface area contributed by atoms with Gasteiger partial charge in [0.25, 0.3) is 5.91 Å². The van der Waals surface area contributed by atoms with Gasteiger partial charge in [0.2, 0.25) is 0 Å². The lowest BCUT2D eigenvalue weighted by atomic mass is 9.99. The van der Waals surface area contributed by atoms with Crippen LogP contribution in [0.3, 0.4) is 0 Å². The van der Waals surface area contributed by atoms with Gasteiger partial charge in [0.1, 0.15) is 10.8 Å². The Morgan fingerprint density at radius 1 is 1.35 bits per heavy atom. The van der Waals surface area contributed by atoms with E-state index in [0.717, 1.165) is 25.0 Å². The van der Waals surface area contributed by atoms with Crippen LogP contribution in [0.25, 0.3) is 0 Å². The number of halogens is 2. The normalized spacial score (nSPS) is 18.8. The molecule has 1 aromatic carbocycles. The Morgan fingerprint density at radius 2 is 2.09 bits per heavy atom. The predicted octanol–water partition coefficient (Wildman–Crippen LogP) is 3.98. The Hall–Kier alpha value is -1.49. The number of amides is 1. The minimum absolute atomic E-state index is 0.0208. The fourth-order valence-electron chi connectivity index (χ4n) is 2.89. The van der Waals surface area contributed by atoms with E-state index in [1.165, 1.54) is 0 Å². The number of rotatable bonds is 4. The van der Waals surface area contributed by atoms with Gasteiger partial charge < -0.3 is 14.6 Å². The van der Waals surface area contributed by atoms with Crippen molar-refractivity contribution in [3.63, 3.8) is 0 Å². The molecule has 1 fully saturated rings. The van der Waals surface area contributed by atoms with Crippen LogP contribution in [0.5, 0.6) is 0 Å². The first-order valence-electron chi connectivity index (χ1n) is 7.56. The molecule has 1 amide bonds. The number of hydrogen-bond acceptors (Lipinski definition) is 2. The average Bonchev–Trinajstić information content (AvgIpc) is 3.18. The number of nitrogens with zero attached hydrogens (tertiary/aromatic N) is 1. The Bertz CT molecular complexity index is 694. The number of carbonyl (C=O) groups is 1. The summed E-state index contributed by atoms with van der Waals surface area (Å²) in [5, 5.41) is 3.79. The third-order valence-electron chi connectivity index (χ3n) is 4.13. The van der Waals surface area contributed by atoms with Gasteiger partial charge in [-0.1, -0.05) is 53.5 Å². The van der Waals surface area contributed by atoms with Crippen LogP contribution in [0, 0.1) is 0 Å². The molecule has 1 N–H and O–H groups in total. The molecule has 0 bridgehead atoms. The SMILES string of the molecule is Cn1c(C(=O)NC(c2ccccc2)C2CCCO2)cc(Cl)c1Cl. The first-order chi connectivity index (χ1) is 11.1. The van der Waals surface area contributed by atoms with Crippen molar-refractivity contribution >= 4 is 29.1 Å². The van der Waals surface area contributed by atoms with Crippen LogP contribution in [0.1, 0.15) is 34.9 Å². The summed E-state index contributed by atoms with van der Waals surface area (Å²) in [6.45, 7) is 0.728. The maximum atomic E-state index is 12.7. The molecule has 23 heavy (non-hydrogen) atoms. The van der Waals surface area contributed by atoms with E-state index in [2.05, 4.69) is 5.32 Å². The van der Waals surface area contributed by atoms with Gasteiger partial charge >= 0.3 is 0 Å². The summed E-state index contributed by atoms with van der Waals surface area (Å²) in [6, 6.07) is 11.2. The van der Waals surface area contributed by atoms with Gasteiger partial charge in [-0.3, -0.25) is 4.79 Å². The average molecular weight is 353 g/mol. The van der Waals surface area contributed by atoms with Gasteiger partial charge in [0.05, 0.1) is 17.2 Å². The molecule has 1 aliphatic heterocycles. The van der Waals surface area contributed by atoms with Gasteiger partial charge in [0, 0.05) is 13.7 Å². The first kappa shape index (κ1) is 16.4. The van der Waals surface area contributed by atoms with Crippen LogP contribution < -0.4 is 5.32 Å². The Kier molecular flexibility index (Phi) is 4.95. The fraction of sp³-hybridized carbons (Fsp3) is 0.353. The summed E-state index contributed by atoms with van der Waals surface area (Å²) >= 11 is 12.1. The van der Waals surface area contributed by atoms with E-state index in [1.807, 2.05) is 30.3 Å². The van der Waals surface area contributed by atoms with E-state index in [1.54, 1.807) is 17.7 Å². The molecule has 1 saturated heterocycles. The topological polar surface area (TPSA) is 43.3 Å². The molecule has 2 unspecified atom stereocenters. The number of benzene rings is 1. The van der Waals surface area contributed by atoms with E-state index in [9.17, 15) is 4.79 Å². The minimum Gasteiger partial charge on any atom is -0.376 e. The van der Waals surface area contributed by atoms with Gasteiger partial charge in [-0.05, 0) is 24.5 Å². The Balaban J connectivity index is 1.86. The van der Waals surface area contributed by atoms with E-state index in [-0.39, 0.29) is 18.1 Å². The summed E-state index contributed by atoms with van der Waals surface area (Å²) < 4.78 is 7.37. The molecule has 0 radical (unpaired) electrons. The second-order valence-corrected chi connectivity index (χ2v) is 6.41. The molecule has 1 aliphatic rings. The number of nitrogens with one attached hydrogen (secondary N) is 1. The number of carbonyl (C=O) groups excluding carboxylic acids is 1. The van der Waals surface area contributed by atoms with E-state index >= 15 is 0 Å². The highest BCUT2D eigenvalue weighted by Gasteiger charge is 2.29. The first-order valence-corrected chi connectivity index (χ1v) is 8.31. The van der Waals surface area contributed by atoms with Crippen LogP contribution in [0.2, 0.25) is 10.2 Å². The third-order valence-corrected chi connectivity index (χ3v) is 4.97. The molecular weight excluding hydrogens is 335 g/mol. The maximum absolute atomic E-state index is 12.7. The number of aromatic nitrogens is 1. The number of ether oxygens (including phenoxy) is 1. The molecule has 0 saturated carbocycles. The molecule has 6 heteroatoms. The summed E-state index contributed by atoms with van der Waals surface area (Å²) in [6.07, 6.45) is 1.91. The summed E-state index contributed by atoms with van der Waals surface area (Å²) in [4.78, 5) is 12.7. The van der Waals surface area contributed by atoms with Crippen LogP contribution in [-0.2, 0) is 11.8 Å². The highest BCUT2D eigenvalue weighted by atomic mass is 35.5. The van der Waals surface area contributed by atoms with Crippen molar-refractivity contribution in [3.05, 3.63) is 57.8 Å². The third kappa shape index (κ3) is 3.39. The molecular formula is C17H18Cl2N2O2. The molecule has 2 heterocycles. The summed E-state index contributed by atoms with van der Waals surface area (Å²) in [5.74, 6) is -0.217. The maximum Gasteiger partial charge on any atom is 0.268 e. The smallest absolute Gasteiger partial charge is 0.268 e. The lowest BCUT2D eigenvalue weighted by Crippen LogP contribution is -2.36. The van der Waals surface area contributed by atoms with Crippen LogP contribution >= 0.6 is 23.2 Å². The van der Waals surface area contributed by atoms with E-state index < -0.39 is 0 Å². The molecule has 0 spiro atoms. The van der Waals surface area contributed by atoms with Crippen LogP contribution in [-0.4, -0.2) is 23.2 Å². The number of hydrogen-bond donors (Lipinski definition) is 1. The standard InChI is InChI=1S/C17H18Cl2N2O2/c1-21-13(10-12(18)16(21)19)17(22)20-15(14-8-5-9-23-14)11-6-3-2-4-7-11/h2-4,6-7,10,14-15H,5,8-9H2,1H3,(H,20,22). The van der Waals surface area contributed by atoms with Crippen molar-refractivity contribution in [1.82, 2.24) is 9.88 Å². The quantitative estimate of drug-likeness (QED) is 0.904. The van der Waals surface area contributed by atoms with E-state index in [4.69, 9.17) is 27.9 Å². The zero-order valence-electron chi connectivity index (χ0n) is 12.8. The molecule has 4 nitrogen and oxygen atoms in total. The molecule has 122 valence electrons. The van der Waals surface area contributed by atoms with Crippen molar-refractivity contribution in [3.8, 4) is 0 Å². The second kappa shape index (κ2) is 6.95. The molecule has 1 aromatic heterocycles. The monoisotopic (exact) mass is 352 g/mol.